The molecule has 106 valence electrons. The van der Waals surface area contributed by atoms with Gasteiger partial charge in [0.15, 0.2) is 6.10 Å². The molecule has 1 aliphatic rings. The van der Waals surface area contributed by atoms with Gasteiger partial charge in [0.2, 0.25) is 0 Å². The van der Waals surface area contributed by atoms with Crippen molar-refractivity contribution in [1.82, 2.24) is 0 Å². The second kappa shape index (κ2) is 6.23. The highest BCUT2D eigenvalue weighted by Crippen LogP contribution is 2.29. The molecule has 0 amide bonds. The number of benzene rings is 1. The van der Waals surface area contributed by atoms with Crippen LogP contribution in [0.3, 0.4) is 0 Å². The molecular weight excluding hydrogens is 367 g/mol. The minimum absolute atomic E-state index is 0.110. The Bertz CT molecular complexity index is 411. The topological polar surface area (TPSA) is 99.4 Å². The standard InChI is InChI=1S/C12H15IO6/c13-12-11(10(17)9(16)8(5-14)19-12)18-7-3-1-6(15)2-4-7/h1-4,8-12,14-17H,5H2/t8?,9-,10?,11?,12-/m0/s1. The lowest BCUT2D eigenvalue weighted by Gasteiger charge is -2.40. The van der Waals surface area contributed by atoms with Gasteiger partial charge in [0.05, 0.1) is 6.61 Å². The van der Waals surface area contributed by atoms with E-state index < -0.39 is 28.5 Å². The molecule has 0 radical (unpaired) electrons. The summed E-state index contributed by atoms with van der Waals surface area (Å²) in [6.45, 7) is -0.371. The highest BCUT2D eigenvalue weighted by molar-refractivity contribution is 14.1. The zero-order chi connectivity index (χ0) is 14.0. The van der Waals surface area contributed by atoms with Crippen molar-refractivity contribution in [1.29, 1.82) is 0 Å². The van der Waals surface area contributed by atoms with Gasteiger partial charge in [-0.25, -0.2) is 0 Å². The van der Waals surface area contributed by atoms with Gasteiger partial charge in [-0.1, -0.05) is 0 Å². The Kier molecular flexibility index (Phi) is 4.85. The van der Waals surface area contributed by atoms with Crippen molar-refractivity contribution in [2.24, 2.45) is 0 Å². The number of alkyl halides is 1. The van der Waals surface area contributed by atoms with E-state index in [0.29, 0.717) is 5.75 Å². The molecule has 19 heavy (non-hydrogen) atoms. The second-order valence-corrected chi connectivity index (χ2v) is 5.49. The van der Waals surface area contributed by atoms with Gasteiger partial charge in [0.1, 0.15) is 33.9 Å². The van der Waals surface area contributed by atoms with Crippen LogP contribution in [0.1, 0.15) is 0 Å². The fraction of sp³-hybridized carbons (Fsp3) is 0.500. The number of phenolic OH excluding ortho intramolecular Hbond substituents is 1. The van der Waals surface area contributed by atoms with Gasteiger partial charge in [-0.15, -0.1) is 0 Å². The third-order valence-corrected chi connectivity index (χ3v) is 3.92. The summed E-state index contributed by atoms with van der Waals surface area (Å²) in [7, 11) is 0. The van der Waals surface area contributed by atoms with Crippen LogP contribution < -0.4 is 4.74 Å². The maximum Gasteiger partial charge on any atom is 0.162 e. The summed E-state index contributed by atoms with van der Waals surface area (Å²) < 4.78 is 10.4. The average Bonchev–Trinajstić information content (AvgIpc) is 2.41. The van der Waals surface area contributed by atoms with E-state index in [4.69, 9.17) is 14.6 Å². The molecule has 6 nitrogen and oxygen atoms in total. The average molecular weight is 382 g/mol. The second-order valence-electron chi connectivity index (χ2n) is 4.27. The van der Waals surface area contributed by atoms with Crippen molar-refractivity contribution in [3.8, 4) is 11.5 Å². The van der Waals surface area contributed by atoms with Crippen LogP contribution in [0.15, 0.2) is 24.3 Å². The number of rotatable bonds is 3. The summed E-state index contributed by atoms with van der Waals surface area (Å²) in [5, 5.41) is 38.0. The molecule has 4 N–H and O–H groups in total. The molecule has 7 heteroatoms. The number of halogens is 1. The van der Waals surface area contributed by atoms with Gasteiger partial charge in [-0.3, -0.25) is 0 Å². The number of phenols is 1. The van der Waals surface area contributed by atoms with Gasteiger partial charge in [0.25, 0.3) is 0 Å². The van der Waals surface area contributed by atoms with Gasteiger partial charge < -0.3 is 29.9 Å². The lowest BCUT2D eigenvalue weighted by molar-refractivity contribution is -0.194. The summed E-state index contributed by atoms with van der Waals surface area (Å²) in [5.41, 5.74) is 0. The molecule has 1 aliphatic heterocycles. The first-order valence-electron chi connectivity index (χ1n) is 5.75. The Morgan fingerprint density at radius 1 is 1.16 bits per heavy atom. The minimum Gasteiger partial charge on any atom is -0.508 e. The van der Waals surface area contributed by atoms with E-state index in [2.05, 4.69) is 0 Å². The summed E-state index contributed by atoms with van der Waals surface area (Å²) >= 11 is 1.94. The van der Waals surface area contributed by atoms with Crippen molar-refractivity contribution < 1.29 is 29.9 Å². The first-order chi connectivity index (χ1) is 9.02. The lowest BCUT2D eigenvalue weighted by Crippen LogP contribution is -2.58. The molecule has 0 spiro atoms. The molecule has 1 fully saturated rings. The largest absolute Gasteiger partial charge is 0.508 e. The van der Waals surface area contributed by atoms with Crippen LogP contribution in [0, 0.1) is 0 Å². The maximum atomic E-state index is 10.0. The number of ether oxygens (including phenoxy) is 2. The number of aliphatic hydroxyl groups excluding tert-OH is 3. The summed E-state index contributed by atoms with van der Waals surface area (Å²) in [5.74, 6) is 0.556. The third kappa shape index (κ3) is 3.29. The first-order valence-corrected chi connectivity index (χ1v) is 6.99. The van der Waals surface area contributed by atoms with Crippen LogP contribution in [0.25, 0.3) is 0 Å². The van der Waals surface area contributed by atoms with Crippen molar-refractivity contribution >= 4 is 22.6 Å². The van der Waals surface area contributed by atoms with E-state index in [1.54, 1.807) is 12.1 Å². The van der Waals surface area contributed by atoms with E-state index in [9.17, 15) is 15.3 Å². The van der Waals surface area contributed by atoms with Crippen LogP contribution in [0.4, 0.5) is 0 Å². The molecule has 0 aliphatic carbocycles. The highest BCUT2D eigenvalue weighted by atomic mass is 127. The third-order valence-electron chi connectivity index (χ3n) is 2.92. The molecule has 1 heterocycles. The molecule has 0 aromatic heterocycles. The van der Waals surface area contributed by atoms with Crippen LogP contribution in [0.5, 0.6) is 11.5 Å². The zero-order valence-corrected chi connectivity index (χ0v) is 12.0. The number of hydrogen-bond donors (Lipinski definition) is 4. The zero-order valence-electron chi connectivity index (χ0n) is 9.89. The Hall–Kier alpha value is -0.610. The van der Waals surface area contributed by atoms with Crippen molar-refractivity contribution in [2.75, 3.05) is 6.61 Å². The molecular formula is C12H15IO6. The van der Waals surface area contributed by atoms with Gasteiger partial charge in [-0.05, 0) is 46.9 Å². The van der Waals surface area contributed by atoms with Crippen LogP contribution >= 0.6 is 22.6 Å². The smallest absolute Gasteiger partial charge is 0.162 e. The van der Waals surface area contributed by atoms with E-state index in [1.165, 1.54) is 12.1 Å². The molecule has 0 bridgehead atoms. The fourth-order valence-electron chi connectivity index (χ4n) is 1.85. The SMILES string of the molecule is OCC1O[C@H](I)C(Oc2ccc(O)cc2)C(O)[C@H]1O. The summed E-state index contributed by atoms with van der Waals surface area (Å²) in [6.07, 6.45) is -3.96. The minimum atomic E-state index is -1.21. The van der Waals surface area contributed by atoms with Gasteiger partial charge in [-0.2, -0.15) is 0 Å². The van der Waals surface area contributed by atoms with Crippen LogP contribution in [0.2, 0.25) is 0 Å². The Morgan fingerprint density at radius 3 is 2.37 bits per heavy atom. The van der Waals surface area contributed by atoms with Gasteiger partial charge in [0, 0.05) is 0 Å². The number of aromatic hydroxyl groups is 1. The first kappa shape index (κ1) is 14.8. The lowest BCUT2D eigenvalue weighted by atomic mass is 10.0. The summed E-state index contributed by atoms with van der Waals surface area (Å²) in [4.78, 5) is 0. The van der Waals surface area contributed by atoms with Crippen molar-refractivity contribution in [3.05, 3.63) is 24.3 Å². The quantitative estimate of drug-likeness (QED) is 0.435. The molecule has 1 aromatic rings. The van der Waals surface area contributed by atoms with Crippen LogP contribution in [-0.4, -0.2) is 55.6 Å². The summed E-state index contributed by atoms with van der Waals surface area (Å²) in [6, 6.07) is 6.02. The van der Waals surface area contributed by atoms with Crippen molar-refractivity contribution in [2.45, 2.75) is 28.5 Å². The van der Waals surface area contributed by atoms with Crippen molar-refractivity contribution in [3.63, 3.8) is 0 Å². The maximum absolute atomic E-state index is 10.0. The van der Waals surface area contributed by atoms with E-state index in [0.717, 1.165) is 0 Å². The molecule has 0 saturated carbocycles. The predicted molar refractivity (Wildman–Crippen MR) is 74.3 cm³/mol. The Morgan fingerprint density at radius 2 is 1.79 bits per heavy atom. The van der Waals surface area contributed by atoms with E-state index in [1.807, 2.05) is 22.6 Å². The Balaban J connectivity index is 2.09. The molecule has 3 unspecified atom stereocenters. The monoisotopic (exact) mass is 382 g/mol. The van der Waals surface area contributed by atoms with E-state index >= 15 is 0 Å². The van der Waals surface area contributed by atoms with Crippen LogP contribution in [-0.2, 0) is 4.74 Å². The number of hydrogen-bond acceptors (Lipinski definition) is 6. The normalized spacial score (nSPS) is 35.1. The fourth-order valence-corrected chi connectivity index (χ4v) is 2.80. The number of aliphatic hydroxyl groups is 3. The molecule has 1 saturated heterocycles. The predicted octanol–water partition coefficient (Wildman–Crippen LogP) is 0.0136. The highest BCUT2D eigenvalue weighted by Gasteiger charge is 2.44. The molecule has 2 rings (SSSR count). The Labute approximate surface area is 123 Å². The van der Waals surface area contributed by atoms with E-state index in [-0.39, 0.29) is 12.4 Å². The molecule has 5 atom stereocenters. The molecule has 1 aromatic carbocycles. The van der Waals surface area contributed by atoms with Gasteiger partial charge >= 0.3 is 0 Å².